The van der Waals surface area contributed by atoms with E-state index in [-0.39, 0.29) is 0 Å². The Morgan fingerprint density at radius 2 is 1.75 bits per heavy atom. The molecule has 0 aromatic heterocycles. The summed E-state index contributed by atoms with van der Waals surface area (Å²) < 4.78 is 25.0. The van der Waals surface area contributed by atoms with Gasteiger partial charge in [-0.3, -0.25) is 0 Å². The fourth-order valence-electron chi connectivity index (χ4n) is 0.655. The van der Waals surface area contributed by atoms with Crippen molar-refractivity contribution < 1.29 is 23.8 Å². The summed E-state index contributed by atoms with van der Waals surface area (Å²) in [5.74, 6) is -6.75. The molecule has 0 saturated heterocycles. The molecule has 0 aliphatic rings. The standard InChI is InChI=1S/C7H12F2O3/c1-6(2,3)4(10)7(8,9)5(11)12/h4,10H,1-3H3,(H,11,12)/p-1. The molecular formula is C7H11F2O3-. The van der Waals surface area contributed by atoms with Crippen LogP contribution in [0.3, 0.4) is 0 Å². The maximum atomic E-state index is 12.5. The van der Waals surface area contributed by atoms with Gasteiger partial charge in [-0.1, -0.05) is 20.8 Å². The quantitative estimate of drug-likeness (QED) is 0.640. The van der Waals surface area contributed by atoms with Crippen molar-refractivity contribution >= 4 is 5.97 Å². The van der Waals surface area contributed by atoms with Crippen LogP contribution in [0.25, 0.3) is 0 Å². The molecule has 0 rings (SSSR count). The zero-order valence-corrected chi connectivity index (χ0v) is 7.10. The minimum atomic E-state index is -4.20. The first-order valence-corrected chi connectivity index (χ1v) is 3.37. The lowest BCUT2D eigenvalue weighted by atomic mass is 9.85. The summed E-state index contributed by atoms with van der Waals surface area (Å²) in [6.07, 6.45) is -2.24. The Bertz CT molecular complexity index is 184. The molecule has 0 aliphatic heterocycles. The van der Waals surface area contributed by atoms with E-state index in [1.165, 1.54) is 20.8 Å². The molecule has 0 bridgehead atoms. The Kier molecular flexibility index (Phi) is 2.79. The first kappa shape index (κ1) is 11.3. The van der Waals surface area contributed by atoms with Crippen LogP contribution >= 0.6 is 0 Å². The molecule has 0 aromatic rings. The number of hydrogen-bond donors (Lipinski definition) is 1. The van der Waals surface area contributed by atoms with Crippen molar-refractivity contribution in [1.29, 1.82) is 0 Å². The number of halogens is 2. The third-order valence-electron chi connectivity index (χ3n) is 1.44. The van der Waals surface area contributed by atoms with Crippen LogP contribution in [0, 0.1) is 5.41 Å². The molecule has 5 heteroatoms. The van der Waals surface area contributed by atoms with Crippen molar-refractivity contribution in [3.05, 3.63) is 0 Å². The number of aliphatic hydroxyl groups excluding tert-OH is 1. The van der Waals surface area contributed by atoms with Crippen LogP contribution in [0.1, 0.15) is 20.8 Å². The molecule has 0 amide bonds. The van der Waals surface area contributed by atoms with Gasteiger partial charge in [0.25, 0.3) is 0 Å². The lowest BCUT2D eigenvalue weighted by Crippen LogP contribution is -2.54. The molecule has 3 nitrogen and oxygen atoms in total. The predicted octanol–water partition coefficient (Wildman–Crippen LogP) is -0.221. The second-order valence-electron chi connectivity index (χ2n) is 3.68. The molecular weight excluding hydrogens is 170 g/mol. The summed E-state index contributed by atoms with van der Waals surface area (Å²) in [4.78, 5) is 9.89. The SMILES string of the molecule is CC(C)(C)C(O)C(F)(F)C(=O)[O-]. The molecule has 0 aromatic carbocycles. The average Bonchev–Trinajstić information content (AvgIpc) is 1.83. The Hall–Kier alpha value is -0.710. The van der Waals surface area contributed by atoms with E-state index in [2.05, 4.69) is 0 Å². The van der Waals surface area contributed by atoms with Crippen LogP contribution in [-0.4, -0.2) is 23.1 Å². The largest absolute Gasteiger partial charge is 0.544 e. The fraction of sp³-hybridized carbons (Fsp3) is 0.857. The first-order valence-electron chi connectivity index (χ1n) is 3.37. The number of aliphatic hydroxyl groups is 1. The Balaban J connectivity index is 4.69. The Morgan fingerprint density at radius 1 is 1.42 bits per heavy atom. The third kappa shape index (κ3) is 2.14. The number of hydrogen-bond acceptors (Lipinski definition) is 3. The van der Waals surface area contributed by atoms with Crippen LogP contribution in [0.15, 0.2) is 0 Å². The van der Waals surface area contributed by atoms with Crippen LogP contribution in [0.4, 0.5) is 8.78 Å². The van der Waals surface area contributed by atoms with E-state index in [1.807, 2.05) is 0 Å². The van der Waals surface area contributed by atoms with E-state index in [0.717, 1.165) is 0 Å². The summed E-state index contributed by atoms with van der Waals surface area (Å²) in [5.41, 5.74) is -1.19. The average molecular weight is 181 g/mol. The van der Waals surface area contributed by atoms with Crippen molar-refractivity contribution in [3.8, 4) is 0 Å². The van der Waals surface area contributed by atoms with Crippen LogP contribution in [0.2, 0.25) is 0 Å². The van der Waals surface area contributed by atoms with Gasteiger partial charge in [0.05, 0.1) is 0 Å². The number of carbonyl (C=O) groups is 1. The molecule has 1 atom stereocenters. The van der Waals surface area contributed by atoms with Crippen molar-refractivity contribution in [3.63, 3.8) is 0 Å². The highest BCUT2D eigenvalue weighted by Crippen LogP contribution is 2.31. The highest BCUT2D eigenvalue weighted by molar-refractivity contribution is 5.74. The van der Waals surface area contributed by atoms with Gasteiger partial charge in [0.15, 0.2) is 0 Å². The molecule has 0 fully saturated rings. The van der Waals surface area contributed by atoms with Crippen LogP contribution in [0.5, 0.6) is 0 Å². The smallest absolute Gasteiger partial charge is 0.312 e. The minimum Gasteiger partial charge on any atom is -0.544 e. The van der Waals surface area contributed by atoms with E-state index in [9.17, 15) is 18.7 Å². The van der Waals surface area contributed by atoms with Gasteiger partial charge in [-0.05, 0) is 5.41 Å². The Labute approximate surface area is 69.0 Å². The van der Waals surface area contributed by atoms with Crippen LogP contribution in [-0.2, 0) is 4.79 Å². The van der Waals surface area contributed by atoms with Gasteiger partial charge >= 0.3 is 5.92 Å². The number of carbonyl (C=O) groups excluding carboxylic acids is 1. The molecule has 1 unspecified atom stereocenters. The van der Waals surface area contributed by atoms with E-state index in [4.69, 9.17) is 5.11 Å². The van der Waals surface area contributed by atoms with Gasteiger partial charge in [-0.25, -0.2) is 0 Å². The summed E-state index contributed by atoms with van der Waals surface area (Å²) >= 11 is 0. The van der Waals surface area contributed by atoms with Gasteiger partial charge in [0.1, 0.15) is 12.1 Å². The Morgan fingerprint density at radius 3 is 1.83 bits per heavy atom. The van der Waals surface area contributed by atoms with Gasteiger partial charge < -0.3 is 15.0 Å². The third-order valence-corrected chi connectivity index (χ3v) is 1.44. The number of alkyl halides is 2. The van der Waals surface area contributed by atoms with E-state index in [0.29, 0.717) is 0 Å². The van der Waals surface area contributed by atoms with Crippen molar-refractivity contribution in [1.82, 2.24) is 0 Å². The number of carboxylic acids is 1. The highest BCUT2D eigenvalue weighted by Gasteiger charge is 2.46. The van der Waals surface area contributed by atoms with Crippen molar-refractivity contribution in [2.24, 2.45) is 5.41 Å². The van der Waals surface area contributed by atoms with Crippen molar-refractivity contribution in [2.45, 2.75) is 32.8 Å². The molecule has 0 spiro atoms. The van der Waals surface area contributed by atoms with Crippen LogP contribution < -0.4 is 5.11 Å². The first-order chi connectivity index (χ1) is 5.10. The molecule has 0 radical (unpaired) electrons. The molecule has 0 aliphatic carbocycles. The maximum Gasteiger partial charge on any atom is 0.312 e. The van der Waals surface area contributed by atoms with Gasteiger partial charge in [0.2, 0.25) is 0 Å². The normalized spacial score (nSPS) is 15.8. The second-order valence-corrected chi connectivity index (χ2v) is 3.68. The lowest BCUT2D eigenvalue weighted by molar-refractivity contribution is -0.339. The van der Waals surface area contributed by atoms with E-state index in [1.54, 1.807) is 0 Å². The van der Waals surface area contributed by atoms with Gasteiger partial charge in [0, 0.05) is 0 Å². The van der Waals surface area contributed by atoms with Gasteiger partial charge in [-0.2, -0.15) is 8.78 Å². The molecule has 0 heterocycles. The maximum absolute atomic E-state index is 12.5. The monoisotopic (exact) mass is 181 g/mol. The fourth-order valence-corrected chi connectivity index (χ4v) is 0.655. The number of rotatable bonds is 2. The molecule has 72 valence electrons. The second kappa shape index (κ2) is 2.97. The minimum absolute atomic E-state index is 1.19. The summed E-state index contributed by atoms with van der Waals surface area (Å²) in [6.45, 7) is 3.94. The molecule has 1 N–H and O–H groups in total. The molecule has 0 saturated carbocycles. The summed E-state index contributed by atoms with van der Waals surface area (Å²) in [7, 11) is 0. The van der Waals surface area contributed by atoms with E-state index < -0.39 is 23.4 Å². The predicted molar refractivity (Wildman–Crippen MR) is 35.4 cm³/mol. The lowest BCUT2D eigenvalue weighted by Gasteiger charge is -2.32. The number of carboxylic acid groups (broad SMARTS) is 1. The van der Waals surface area contributed by atoms with E-state index >= 15 is 0 Å². The topological polar surface area (TPSA) is 60.4 Å². The van der Waals surface area contributed by atoms with Gasteiger partial charge in [-0.15, -0.1) is 0 Å². The summed E-state index contributed by atoms with van der Waals surface area (Å²) in [6, 6.07) is 0. The number of aliphatic carboxylic acids is 1. The zero-order chi connectivity index (χ0) is 10.2. The van der Waals surface area contributed by atoms with Crippen molar-refractivity contribution in [2.75, 3.05) is 0 Å². The molecule has 12 heavy (non-hydrogen) atoms. The zero-order valence-electron chi connectivity index (χ0n) is 7.10. The highest BCUT2D eigenvalue weighted by atomic mass is 19.3. The summed E-state index contributed by atoms with van der Waals surface area (Å²) in [5, 5.41) is 18.8.